The Morgan fingerprint density at radius 3 is 2.65 bits per heavy atom. The Labute approximate surface area is 135 Å². The van der Waals surface area contributed by atoms with Crippen LogP contribution in [0.25, 0.3) is 0 Å². The average molecular weight is 324 g/mol. The molecule has 23 heavy (non-hydrogen) atoms. The first-order valence-electron chi connectivity index (χ1n) is 8.11. The summed E-state index contributed by atoms with van der Waals surface area (Å²) < 4.78 is 10.8. The van der Waals surface area contributed by atoms with Gasteiger partial charge in [-0.15, -0.1) is 0 Å². The standard InChI is InChI=1S/C17H24O6/c1-7-5-10-13(8(2)16(21)23-10)15(20)17(4)12(19)6-11(14(7)17)22-9(3)18/h7,10-15,19-20H,2,5-6H2,1,3-4H3/t7-,10+,11-,12-,13-,14-,15+,17-/m1/s1. The van der Waals surface area contributed by atoms with E-state index in [1.165, 1.54) is 6.92 Å². The first-order chi connectivity index (χ1) is 10.7. The summed E-state index contributed by atoms with van der Waals surface area (Å²) in [5, 5.41) is 21.7. The van der Waals surface area contributed by atoms with Crippen LogP contribution in [0.1, 0.15) is 33.6 Å². The molecule has 0 spiro atoms. The predicted octanol–water partition coefficient (Wildman–Crippen LogP) is 0.804. The average Bonchev–Trinajstić information content (AvgIpc) is 2.81. The monoisotopic (exact) mass is 324 g/mol. The van der Waals surface area contributed by atoms with Crippen LogP contribution < -0.4 is 0 Å². The van der Waals surface area contributed by atoms with E-state index in [1.54, 1.807) is 0 Å². The lowest BCUT2D eigenvalue weighted by molar-refractivity contribution is -0.152. The number of carbonyl (C=O) groups is 2. The van der Waals surface area contributed by atoms with Crippen LogP contribution in [0.2, 0.25) is 0 Å². The lowest BCUT2D eigenvalue weighted by Crippen LogP contribution is -2.49. The lowest BCUT2D eigenvalue weighted by Gasteiger charge is -2.41. The van der Waals surface area contributed by atoms with Gasteiger partial charge in [-0.3, -0.25) is 4.79 Å². The van der Waals surface area contributed by atoms with Gasteiger partial charge in [-0.2, -0.15) is 0 Å². The fourth-order valence-electron chi connectivity index (χ4n) is 5.09. The van der Waals surface area contributed by atoms with Crippen molar-refractivity contribution < 1.29 is 29.3 Å². The predicted molar refractivity (Wildman–Crippen MR) is 80.1 cm³/mol. The number of rotatable bonds is 1. The van der Waals surface area contributed by atoms with Crippen LogP contribution >= 0.6 is 0 Å². The maximum Gasteiger partial charge on any atom is 0.334 e. The maximum atomic E-state index is 11.8. The molecule has 3 aliphatic rings. The normalized spacial score (nSPS) is 49.2. The van der Waals surface area contributed by atoms with Crippen LogP contribution in [-0.4, -0.2) is 46.6 Å². The van der Waals surface area contributed by atoms with E-state index in [2.05, 4.69) is 6.58 Å². The Morgan fingerprint density at radius 1 is 1.39 bits per heavy atom. The van der Waals surface area contributed by atoms with Crippen molar-refractivity contribution in [3.05, 3.63) is 12.2 Å². The molecule has 1 aliphatic heterocycles. The number of aliphatic hydroxyl groups is 2. The third-order valence-electron chi connectivity index (χ3n) is 6.13. The van der Waals surface area contributed by atoms with Gasteiger partial charge in [0.2, 0.25) is 0 Å². The molecular weight excluding hydrogens is 300 g/mol. The van der Waals surface area contributed by atoms with Crippen molar-refractivity contribution in [1.29, 1.82) is 0 Å². The van der Waals surface area contributed by atoms with Gasteiger partial charge >= 0.3 is 11.9 Å². The molecule has 1 saturated heterocycles. The summed E-state index contributed by atoms with van der Waals surface area (Å²) in [6.07, 6.45) is -1.83. The quantitative estimate of drug-likeness (QED) is 0.547. The minimum Gasteiger partial charge on any atom is -0.462 e. The first-order valence-corrected chi connectivity index (χ1v) is 8.11. The topological polar surface area (TPSA) is 93.1 Å². The summed E-state index contributed by atoms with van der Waals surface area (Å²) in [6, 6.07) is 0. The Bertz CT molecular complexity index is 557. The van der Waals surface area contributed by atoms with Crippen LogP contribution in [0.4, 0.5) is 0 Å². The van der Waals surface area contributed by atoms with Crippen LogP contribution in [0.3, 0.4) is 0 Å². The molecule has 3 rings (SSSR count). The van der Waals surface area contributed by atoms with Gasteiger partial charge < -0.3 is 19.7 Å². The van der Waals surface area contributed by atoms with Crippen LogP contribution in [-0.2, 0) is 19.1 Å². The fourth-order valence-corrected chi connectivity index (χ4v) is 5.09. The highest BCUT2D eigenvalue weighted by atomic mass is 16.6. The van der Waals surface area contributed by atoms with Crippen molar-refractivity contribution >= 4 is 11.9 Å². The van der Waals surface area contributed by atoms with Crippen molar-refractivity contribution in [1.82, 2.24) is 0 Å². The number of hydrogen-bond donors (Lipinski definition) is 2. The molecule has 128 valence electrons. The van der Waals surface area contributed by atoms with Crippen molar-refractivity contribution in [2.45, 2.75) is 58.0 Å². The highest BCUT2D eigenvalue weighted by molar-refractivity contribution is 5.91. The molecule has 0 radical (unpaired) electrons. The lowest BCUT2D eigenvalue weighted by atomic mass is 9.67. The van der Waals surface area contributed by atoms with Crippen molar-refractivity contribution in [2.75, 3.05) is 0 Å². The van der Waals surface area contributed by atoms with Crippen molar-refractivity contribution in [3.8, 4) is 0 Å². The third-order valence-corrected chi connectivity index (χ3v) is 6.13. The highest BCUT2D eigenvalue weighted by Gasteiger charge is 2.64. The molecule has 3 fully saturated rings. The van der Waals surface area contributed by atoms with E-state index >= 15 is 0 Å². The zero-order valence-corrected chi connectivity index (χ0v) is 13.7. The van der Waals surface area contributed by atoms with Crippen molar-refractivity contribution in [2.24, 2.45) is 23.2 Å². The largest absolute Gasteiger partial charge is 0.462 e. The second-order valence-corrected chi connectivity index (χ2v) is 7.44. The van der Waals surface area contributed by atoms with Crippen LogP contribution in [0.5, 0.6) is 0 Å². The fraction of sp³-hybridized carbons (Fsp3) is 0.765. The van der Waals surface area contributed by atoms with E-state index in [4.69, 9.17) is 9.47 Å². The summed E-state index contributed by atoms with van der Waals surface area (Å²) in [6.45, 7) is 8.92. The van der Waals surface area contributed by atoms with E-state index < -0.39 is 47.7 Å². The Balaban J connectivity index is 2.02. The molecule has 0 bridgehead atoms. The number of carbonyl (C=O) groups excluding carboxylic acids is 2. The summed E-state index contributed by atoms with van der Waals surface area (Å²) in [4.78, 5) is 23.2. The van der Waals surface area contributed by atoms with Gasteiger partial charge in [-0.25, -0.2) is 4.79 Å². The van der Waals surface area contributed by atoms with Crippen LogP contribution in [0.15, 0.2) is 12.2 Å². The van der Waals surface area contributed by atoms with Gasteiger partial charge in [-0.05, 0) is 12.3 Å². The third kappa shape index (κ3) is 2.22. The minimum atomic E-state index is -0.975. The number of esters is 2. The smallest absolute Gasteiger partial charge is 0.334 e. The molecule has 2 aliphatic carbocycles. The van der Waals surface area contributed by atoms with Gasteiger partial charge in [-0.1, -0.05) is 20.4 Å². The van der Waals surface area contributed by atoms with E-state index in [0.29, 0.717) is 12.8 Å². The van der Waals surface area contributed by atoms with Gasteiger partial charge in [0.25, 0.3) is 0 Å². The molecule has 6 nitrogen and oxygen atoms in total. The molecule has 2 saturated carbocycles. The van der Waals surface area contributed by atoms with Gasteiger partial charge in [0, 0.05) is 30.3 Å². The second kappa shape index (κ2) is 5.31. The molecule has 0 amide bonds. The molecular formula is C17H24O6. The molecule has 0 aromatic heterocycles. The van der Waals surface area contributed by atoms with E-state index in [9.17, 15) is 19.8 Å². The summed E-state index contributed by atoms with van der Waals surface area (Å²) in [7, 11) is 0. The number of hydrogen-bond acceptors (Lipinski definition) is 6. The van der Waals surface area contributed by atoms with Gasteiger partial charge in [0.15, 0.2) is 0 Å². The molecule has 0 unspecified atom stereocenters. The minimum absolute atomic E-state index is 0.0184. The summed E-state index contributed by atoms with van der Waals surface area (Å²) in [5.74, 6) is -1.57. The Kier molecular flexibility index (Phi) is 3.80. The van der Waals surface area contributed by atoms with Crippen LogP contribution in [0, 0.1) is 23.2 Å². The SMILES string of the molecule is C=C1C(=O)O[C@H]2C[C@@H](C)[C@@H]3[C@H](OC(C)=O)C[C@@H](O)[C@@]3(C)[C@@H](O)[C@H]12. The molecule has 2 N–H and O–H groups in total. The van der Waals surface area contributed by atoms with E-state index in [1.807, 2.05) is 13.8 Å². The Morgan fingerprint density at radius 2 is 2.04 bits per heavy atom. The maximum absolute atomic E-state index is 11.8. The number of aliphatic hydroxyl groups excluding tert-OH is 2. The Hall–Kier alpha value is -1.40. The van der Waals surface area contributed by atoms with E-state index in [0.717, 1.165) is 0 Å². The number of ether oxygens (including phenoxy) is 2. The van der Waals surface area contributed by atoms with E-state index in [-0.39, 0.29) is 17.4 Å². The highest BCUT2D eigenvalue weighted by Crippen LogP contribution is 2.57. The molecule has 0 aromatic carbocycles. The second-order valence-electron chi connectivity index (χ2n) is 7.44. The molecule has 6 heteroatoms. The summed E-state index contributed by atoms with van der Waals surface area (Å²) in [5.41, 5.74) is -0.615. The van der Waals surface area contributed by atoms with Gasteiger partial charge in [0.05, 0.1) is 18.1 Å². The zero-order valence-electron chi connectivity index (χ0n) is 13.7. The zero-order chi connectivity index (χ0) is 17.1. The van der Waals surface area contributed by atoms with Crippen molar-refractivity contribution in [3.63, 3.8) is 0 Å². The summed E-state index contributed by atoms with van der Waals surface area (Å²) >= 11 is 0. The number of fused-ring (bicyclic) bond motifs is 2. The molecule has 0 aromatic rings. The molecule has 8 atom stereocenters. The van der Waals surface area contributed by atoms with Gasteiger partial charge in [0.1, 0.15) is 12.2 Å². The molecule has 1 heterocycles. The first kappa shape index (κ1) is 16.5.